The molecule has 1 aromatic rings. The van der Waals surface area contributed by atoms with Crippen LogP contribution in [0.4, 0.5) is 0 Å². The molecule has 1 rings (SSSR count). The average Bonchev–Trinajstić information content (AvgIpc) is 2.81. The van der Waals surface area contributed by atoms with E-state index in [1.165, 1.54) is 51.8 Å². The Morgan fingerprint density at radius 2 is 1.40 bits per heavy atom. The van der Waals surface area contributed by atoms with Gasteiger partial charge in [0.15, 0.2) is 0 Å². The normalized spacial score (nSPS) is 14.2. The quantitative estimate of drug-likeness (QED) is 0.183. The molecule has 0 aliphatic carbocycles. The van der Waals surface area contributed by atoms with Crippen molar-refractivity contribution in [2.45, 2.75) is 118 Å². The van der Waals surface area contributed by atoms with E-state index in [1.54, 1.807) is 16.4 Å². The first kappa shape index (κ1) is 32.7. The van der Waals surface area contributed by atoms with E-state index in [2.05, 4.69) is 51.7 Å². The summed E-state index contributed by atoms with van der Waals surface area (Å²) in [6, 6.07) is 6.91. The average molecular weight is 615 g/mol. The van der Waals surface area contributed by atoms with Crippen LogP contribution in [0.3, 0.4) is 0 Å². The summed E-state index contributed by atoms with van der Waals surface area (Å²) in [5.74, 6) is 0. The SMILES string of the molecule is CCC[CH2][Sn](/[CH]=C/C(N(CCCO)S(=O)(=O)c1ccc(C)cc1)C(C)(C)C)([CH2]CCC)[CH2]CCC. The standard InChI is InChI=1S/C17H26NO3S.3C4H9.Sn/c1-6-16(17(3,4)5)18(12-7-13-19)22(20,21)15-10-8-14(2)9-11-15;3*1-3-4-2;/h1,6,8-11,16,19H,7,12-13H2,2-5H3;3*1,3-4H2,2H3;. The molecule has 1 N–H and O–H groups in total. The van der Waals surface area contributed by atoms with Crippen molar-refractivity contribution in [3.63, 3.8) is 0 Å². The Morgan fingerprint density at radius 3 is 1.80 bits per heavy atom. The summed E-state index contributed by atoms with van der Waals surface area (Å²) in [5.41, 5.74) is 0.779. The number of hydrogen-bond acceptors (Lipinski definition) is 3. The molecule has 0 saturated carbocycles. The van der Waals surface area contributed by atoms with Gasteiger partial charge in [-0.05, 0) is 0 Å². The summed E-state index contributed by atoms with van der Waals surface area (Å²) in [4.78, 5) is 0.335. The van der Waals surface area contributed by atoms with Gasteiger partial charge in [-0.2, -0.15) is 0 Å². The molecule has 1 aromatic carbocycles. The van der Waals surface area contributed by atoms with Gasteiger partial charge in [0.2, 0.25) is 0 Å². The van der Waals surface area contributed by atoms with E-state index < -0.39 is 28.4 Å². The molecule has 6 heteroatoms. The van der Waals surface area contributed by atoms with Crippen LogP contribution in [0, 0.1) is 12.3 Å². The molecule has 0 aromatic heterocycles. The number of aryl methyl sites for hydroxylation is 1. The first-order chi connectivity index (χ1) is 16.5. The molecule has 202 valence electrons. The molecular formula is C29H53NO3SSn. The van der Waals surface area contributed by atoms with Gasteiger partial charge in [0.25, 0.3) is 0 Å². The van der Waals surface area contributed by atoms with Crippen molar-refractivity contribution in [2.24, 2.45) is 5.41 Å². The maximum atomic E-state index is 13.9. The Labute approximate surface area is 221 Å². The second-order valence-electron chi connectivity index (χ2n) is 11.3. The third-order valence-corrected chi connectivity index (χ3v) is 23.1. The van der Waals surface area contributed by atoms with E-state index in [-0.39, 0.29) is 18.1 Å². The van der Waals surface area contributed by atoms with Crippen molar-refractivity contribution in [3.8, 4) is 0 Å². The summed E-state index contributed by atoms with van der Waals surface area (Å²) < 4.78 is 36.2. The number of rotatable bonds is 17. The van der Waals surface area contributed by atoms with Crippen molar-refractivity contribution in [1.29, 1.82) is 0 Å². The van der Waals surface area contributed by atoms with Gasteiger partial charge in [0.1, 0.15) is 0 Å². The van der Waals surface area contributed by atoms with Crippen LogP contribution in [0.2, 0.25) is 13.3 Å². The summed E-state index contributed by atoms with van der Waals surface area (Å²) in [6.45, 7) is 15.5. The van der Waals surface area contributed by atoms with Crippen molar-refractivity contribution in [2.75, 3.05) is 13.2 Å². The van der Waals surface area contributed by atoms with Crippen LogP contribution in [0.5, 0.6) is 0 Å². The molecular weight excluding hydrogens is 561 g/mol. The monoisotopic (exact) mass is 615 g/mol. The zero-order valence-corrected chi connectivity index (χ0v) is 27.3. The van der Waals surface area contributed by atoms with Gasteiger partial charge in [-0.25, -0.2) is 0 Å². The first-order valence-electron chi connectivity index (χ1n) is 13.9. The Hall–Kier alpha value is -0.371. The number of hydrogen-bond donors (Lipinski definition) is 1. The molecule has 4 nitrogen and oxygen atoms in total. The van der Waals surface area contributed by atoms with Gasteiger partial charge in [-0.3, -0.25) is 0 Å². The Bertz CT molecular complexity index is 822. The summed E-state index contributed by atoms with van der Waals surface area (Å²) in [7, 11) is -3.70. The number of aliphatic hydroxyl groups is 1. The Morgan fingerprint density at radius 1 is 0.914 bits per heavy atom. The second kappa shape index (κ2) is 15.8. The van der Waals surface area contributed by atoms with E-state index >= 15 is 0 Å². The third kappa shape index (κ3) is 10.5. The fourth-order valence-corrected chi connectivity index (χ4v) is 20.9. The van der Waals surface area contributed by atoms with Crippen molar-refractivity contribution >= 4 is 28.4 Å². The van der Waals surface area contributed by atoms with E-state index in [4.69, 9.17) is 0 Å². The predicted octanol–water partition coefficient (Wildman–Crippen LogP) is 7.73. The molecule has 35 heavy (non-hydrogen) atoms. The second-order valence-corrected chi connectivity index (χ2v) is 26.2. The zero-order valence-electron chi connectivity index (χ0n) is 23.6. The van der Waals surface area contributed by atoms with Crippen LogP contribution in [-0.4, -0.2) is 55.4 Å². The number of nitrogens with zero attached hydrogens (tertiary/aromatic N) is 1. The molecule has 1 unspecified atom stereocenters. The molecule has 1 atom stereocenters. The summed E-state index contributed by atoms with van der Waals surface area (Å²) in [6.07, 6.45) is 10.2. The van der Waals surface area contributed by atoms with Gasteiger partial charge in [0, 0.05) is 0 Å². The summed E-state index contributed by atoms with van der Waals surface area (Å²) in [5, 5.41) is 9.59. The molecule has 0 bridgehead atoms. The van der Waals surface area contributed by atoms with Crippen LogP contribution in [-0.2, 0) is 10.0 Å². The van der Waals surface area contributed by atoms with E-state index in [1.807, 2.05) is 19.1 Å². The molecule has 0 aliphatic heterocycles. The fourth-order valence-electron chi connectivity index (χ4n) is 4.80. The van der Waals surface area contributed by atoms with Gasteiger partial charge < -0.3 is 0 Å². The molecule has 0 amide bonds. The molecule has 0 radical (unpaired) electrons. The first-order valence-corrected chi connectivity index (χ1v) is 23.0. The maximum absolute atomic E-state index is 13.9. The zero-order chi connectivity index (χ0) is 26.5. The molecule has 0 saturated heterocycles. The minimum atomic E-state index is -3.70. The Balaban J connectivity index is 3.56. The predicted molar refractivity (Wildman–Crippen MR) is 154 cm³/mol. The van der Waals surface area contributed by atoms with Crippen LogP contribution in [0.15, 0.2) is 39.3 Å². The van der Waals surface area contributed by atoms with Gasteiger partial charge in [-0.1, -0.05) is 0 Å². The molecule has 0 aliphatic rings. The van der Waals surface area contributed by atoms with Gasteiger partial charge >= 0.3 is 222 Å². The fraction of sp³-hybridized carbons (Fsp3) is 0.724. The van der Waals surface area contributed by atoms with Crippen LogP contribution < -0.4 is 0 Å². The van der Waals surface area contributed by atoms with Gasteiger partial charge in [0.05, 0.1) is 0 Å². The number of aliphatic hydroxyl groups excluding tert-OH is 1. The number of sulfonamides is 1. The summed E-state index contributed by atoms with van der Waals surface area (Å²) >= 11 is -2.59. The number of unbranched alkanes of at least 4 members (excludes halogenated alkanes) is 3. The van der Waals surface area contributed by atoms with Crippen LogP contribution in [0.1, 0.15) is 92.1 Å². The van der Waals surface area contributed by atoms with Crippen LogP contribution in [0.25, 0.3) is 0 Å². The molecule has 0 fully saturated rings. The third-order valence-electron chi connectivity index (χ3n) is 7.08. The van der Waals surface area contributed by atoms with Crippen molar-refractivity contribution in [1.82, 2.24) is 4.31 Å². The van der Waals surface area contributed by atoms with Crippen LogP contribution >= 0.6 is 0 Å². The Kier molecular flexibility index (Phi) is 14.7. The minimum absolute atomic E-state index is 0.0207. The molecule has 0 spiro atoms. The topological polar surface area (TPSA) is 57.6 Å². The van der Waals surface area contributed by atoms with E-state index in [9.17, 15) is 13.5 Å². The van der Waals surface area contributed by atoms with E-state index in [0.717, 1.165) is 5.56 Å². The van der Waals surface area contributed by atoms with E-state index in [0.29, 0.717) is 17.9 Å². The van der Waals surface area contributed by atoms with Crippen molar-refractivity contribution < 1.29 is 13.5 Å². The molecule has 0 heterocycles. The van der Waals surface area contributed by atoms with Gasteiger partial charge in [-0.15, -0.1) is 0 Å². The van der Waals surface area contributed by atoms with Crippen molar-refractivity contribution in [3.05, 3.63) is 40.0 Å². The number of benzene rings is 1.